The Kier molecular flexibility index (Phi) is 11.3. The third kappa shape index (κ3) is 8.05. The Labute approximate surface area is 253 Å². The average Bonchev–Trinajstić information content (AvgIpc) is 3.03. The number of benzene rings is 3. The van der Waals surface area contributed by atoms with Crippen LogP contribution in [0.3, 0.4) is 0 Å². The van der Waals surface area contributed by atoms with Crippen LogP contribution >= 0.6 is 0 Å². The highest BCUT2D eigenvalue weighted by Gasteiger charge is 2.50. The van der Waals surface area contributed by atoms with E-state index in [-0.39, 0.29) is 6.54 Å². The summed E-state index contributed by atoms with van der Waals surface area (Å²) in [6, 6.07) is 27.5. The van der Waals surface area contributed by atoms with Crippen molar-refractivity contribution in [2.45, 2.75) is 87.3 Å². The van der Waals surface area contributed by atoms with Crippen molar-refractivity contribution in [2.75, 3.05) is 6.54 Å². The minimum atomic E-state index is -1.11. The smallest absolute Gasteiger partial charge is 0.176 e. The standard InChI is InChI=1S/C33H44N4O6/c34-17-26-31(40-19-22-12-6-2-7-13-22)32(41-20-23-14-8-3-9-15-23)27(37)33(42-26)43-30-25(36)16-24(35)29(28(30)38)39-18-21-10-4-1-5-11-21/h1-15,24-33,38H,16-20,34-37H2/t24-,25+,26-,27-,28-,29+,30-,31-,32-,33-/m1/s1. The van der Waals surface area contributed by atoms with Gasteiger partial charge in [0.15, 0.2) is 6.29 Å². The van der Waals surface area contributed by atoms with E-state index >= 15 is 0 Å². The van der Waals surface area contributed by atoms with Gasteiger partial charge in [0.1, 0.15) is 36.6 Å². The molecular formula is C33H44N4O6. The van der Waals surface area contributed by atoms with Crippen molar-refractivity contribution in [1.29, 1.82) is 0 Å². The monoisotopic (exact) mass is 592 g/mol. The molecule has 3 aromatic carbocycles. The van der Waals surface area contributed by atoms with Gasteiger partial charge in [0, 0.05) is 18.6 Å². The van der Waals surface area contributed by atoms with E-state index in [1.807, 2.05) is 91.0 Å². The predicted octanol–water partition coefficient (Wildman–Crippen LogP) is 1.56. The van der Waals surface area contributed by atoms with Gasteiger partial charge in [0.05, 0.1) is 25.9 Å². The fraction of sp³-hybridized carbons (Fsp3) is 0.455. The van der Waals surface area contributed by atoms with Gasteiger partial charge in [0.25, 0.3) is 0 Å². The number of nitrogens with two attached hydrogens (primary N) is 4. The molecule has 3 aromatic rings. The van der Waals surface area contributed by atoms with Crippen molar-refractivity contribution in [3.63, 3.8) is 0 Å². The molecule has 0 bridgehead atoms. The minimum Gasteiger partial charge on any atom is -0.388 e. The van der Waals surface area contributed by atoms with Gasteiger partial charge in [-0.3, -0.25) is 0 Å². The zero-order valence-corrected chi connectivity index (χ0v) is 24.3. The van der Waals surface area contributed by atoms with Crippen LogP contribution in [0.2, 0.25) is 0 Å². The second-order valence-electron chi connectivity index (χ2n) is 11.3. The van der Waals surface area contributed by atoms with E-state index in [9.17, 15) is 5.11 Å². The molecule has 10 heteroatoms. The molecule has 10 atom stereocenters. The SMILES string of the molecule is NC[C@H]1O[C@H](O[C@H]2[C@H](O)[C@@H](OCc3ccccc3)[C@H](N)C[C@@H]2N)[C@H](N)[C@@H](OCc2ccccc2)[C@@H]1OCc1ccccc1. The Bertz CT molecular complexity index is 1230. The van der Waals surface area contributed by atoms with E-state index in [0.29, 0.717) is 26.2 Å². The summed E-state index contributed by atoms with van der Waals surface area (Å²) >= 11 is 0. The maximum atomic E-state index is 11.4. The van der Waals surface area contributed by atoms with Crippen LogP contribution in [0.4, 0.5) is 0 Å². The van der Waals surface area contributed by atoms with E-state index in [2.05, 4.69) is 0 Å². The third-order valence-corrected chi connectivity index (χ3v) is 8.13. The molecule has 9 N–H and O–H groups in total. The fourth-order valence-electron chi connectivity index (χ4n) is 5.78. The summed E-state index contributed by atoms with van der Waals surface area (Å²) in [5, 5.41) is 11.4. The van der Waals surface area contributed by atoms with Crippen molar-refractivity contribution in [2.24, 2.45) is 22.9 Å². The summed E-state index contributed by atoms with van der Waals surface area (Å²) in [5.74, 6) is 0. The molecule has 0 amide bonds. The summed E-state index contributed by atoms with van der Waals surface area (Å²) in [6.45, 7) is 1.08. The normalized spacial score (nSPS) is 32.9. The predicted molar refractivity (Wildman–Crippen MR) is 162 cm³/mol. The first kappa shape index (κ1) is 31.7. The Morgan fingerprint density at radius 1 is 0.628 bits per heavy atom. The average molecular weight is 593 g/mol. The molecule has 2 aliphatic rings. The van der Waals surface area contributed by atoms with Gasteiger partial charge in [-0.05, 0) is 23.1 Å². The molecule has 1 heterocycles. The van der Waals surface area contributed by atoms with Crippen molar-refractivity contribution >= 4 is 0 Å². The quantitative estimate of drug-likeness (QED) is 0.208. The summed E-state index contributed by atoms with van der Waals surface area (Å²) in [7, 11) is 0. The molecule has 0 radical (unpaired) electrons. The van der Waals surface area contributed by atoms with Gasteiger partial charge >= 0.3 is 0 Å². The third-order valence-electron chi connectivity index (χ3n) is 8.13. The van der Waals surface area contributed by atoms with Gasteiger partial charge in [0.2, 0.25) is 0 Å². The highest BCUT2D eigenvalue weighted by atomic mass is 16.7. The Morgan fingerprint density at radius 3 is 1.56 bits per heavy atom. The van der Waals surface area contributed by atoms with Gasteiger partial charge in [-0.1, -0.05) is 91.0 Å². The van der Waals surface area contributed by atoms with Crippen molar-refractivity contribution in [3.05, 3.63) is 108 Å². The van der Waals surface area contributed by atoms with E-state index in [4.69, 9.17) is 46.6 Å². The Balaban J connectivity index is 1.31. The summed E-state index contributed by atoms with van der Waals surface area (Å²) < 4.78 is 31.5. The van der Waals surface area contributed by atoms with Crippen LogP contribution in [-0.2, 0) is 43.5 Å². The molecule has 5 rings (SSSR count). The molecule has 10 nitrogen and oxygen atoms in total. The molecule has 0 aromatic heterocycles. The summed E-state index contributed by atoms with van der Waals surface area (Å²) in [5.41, 5.74) is 28.8. The highest BCUT2D eigenvalue weighted by Crippen LogP contribution is 2.31. The summed E-state index contributed by atoms with van der Waals surface area (Å²) in [4.78, 5) is 0. The van der Waals surface area contributed by atoms with Gasteiger partial charge < -0.3 is 51.7 Å². The van der Waals surface area contributed by atoms with Gasteiger partial charge in [-0.15, -0.1) is 0 Å². The number of hydrogen-bond donors (Lipinski definition) is 5. The minimum absolute atomic E-state index is 0.143. The topological polar surface area (TPSA) is 170 Å². The van der Waals surface area contributed by atoms with Gasteiger partial charge in [-0.25, -0.2) is 0 Å². The van der Waals surface area contributed by atoms with Crippen molar-refractivity contribution in [1.82, 2.24) is 0 Å². The van der Waals surface area contributed by atoms with E-state index in [1.165, 1.54) is 0 Å². The number of hydrogen-bond acceptors (Lipinski definition) is 10. The molecule has 1 saturated carbocycles. The van der Waals surface area contributed by atoms with E-state index in [1.54, 1.807) is 0 Å². The van der Waals surface area contributed by atoms with Crippen LogP contribution in [0.25, 0.3) is 0 Å². The molecule has 2 fully saturated rings. The molecule has 232 valence electrons. The van der Waals surface area contributed by atoms with Crippen LogP contribution in [-0.4, -0.2) is 72.7 Å². The number of aliphatic hydroxyl groups is 1. The molecule has 1 aliphatic heterocycles. The fourth-order valence-corrected chi connectivity index (χ4v) is 5.78. The second-order valence-corrected chi connectivity index (χ2v) is 11.3. The second kappa shape index (κ2) is 15.3. The number of aliphatic hydroxyl groups excluding tert-OH is 1. The molecule has 1 aliphatic carbocycles. The zero-order chi connectivity index (χ0) is 30.2. The highest BCUT2D eigenvalue weighted by molar-refractivity contribution is 5.15. The van der Waals surface area contributed by atoms with Gasteiger partial charge in [-0.2, -0.15) is 0 Å². The van der Waals surface area contributed by atoms with Crippen LogP contribution < -0.4 is 22.9 Å². The number of ether oxygens (including phenoxy) is 5. The lowest BCUT2D eigenvalue weighted by Gasteiger charge is -2.48. The molecule has 0 spiro atoms. The first-order chi connectivity index (χ1) is 20.9. The van der Waals surface area contributed by atoms with Crippen LogP contribution in [0.5, 0.6) is 0 Å². The lowest BCUT2D eigenvalue weighted by atomic mass is 9.84. The molecule has 1 saturated heterocycles. The lowest BCUT2D eigenvalue weighted by molar-refractivity contribution is -0.302. The van der Waals surface area contributed by atoms with E-state index < -0.39 is 61.0 Å². The van der Waals surface area contributed by atoms with Crippen LogP contribution in [0.15, 0.2) is 91.0 Å². The Morgan fingerprint density at radius 2 is 1.07 bits per heavy atom. The van der Waals surface area contributed by atoms with Crippen molar-refractivity contribution < 1.29 is 28.8 Å². The lowest BCUT2D eigenvalue weighted by Crippen LogP contribution is -2.68. The van der Waals surface area contributed by atoms with E-state index in [0.717, 1.165) is 16.7 Å². The maximum Gasteiger partial charge on any atom is 0.176 e. The molecule has 0 unspecified atom stereocenters. The molecule has 43 heavy (non-hydrogen) atoms. The van der Waals surface area contributed by atoms with Crippen LogP contribution in [0.1, 0.15) is 23.1 Å². The molecular weight excluding hydrogens is 548 g/mol. The largest absolute Gasteiger partial charge is 0.388 e. The summed E-state index contributed by atoms with van der Waals surface area (Å²) in [6.07, 6.45) is -5.00. The van der Waals surface area contributed by atoms with Crippen molar-refractivity contribution in [3.8, 4) is 0 Å². The maximum absolute atomic E-state index is 11.4. The number of rotatable bonds is 12. The van der Waals surface area contributed by atoms with Crippen LogP contribution in [0, 0.1) is 0 Å². The Hall–Kier alpha value is -2.74. The zero-order valence-electron chi connectivity index (χ0n) is 24.3. The first-order valence-electron chi connectivity index (χ1n) is 14.9. The first-order valence-corrected chi connectivity index (χ1v) is 14.9.